The monoisotopic (exact) mass is 423 g/mol. The van der Waals surface area contributed by atoms with Crippen molar-refractivity contribution in [2.45, 2.75) is 6.04 Å². The van der Waals surface area contributed by atoms with Gasteiger partial charge in [0.25, 0.3) is 11.6 Å². The van der Waals surface area contributed by atoms with Gasteiger partial charge >= 0.3 is 12.0 Å². The number of benzene rings is 2. The molecule has 0 aromatic heterocycles. The topological polar surface area (TPSA) is 145 Å². The van der Waals surface area contributed by atoms with E-state index in [9.17, 15) is 29.6 Å². The Kier molecular flexibility index (Phi) is 4.78. The van der Waals surface area contributed by atoms with E-state index in [-0.39, 0.29) is 29.1 Å². The average molecular weight is 423 g/mol. The molecule has 3 amide bonds. The summed E-state index contributed by atoms with van der Waals surface area (Å²) in [6.45, 7) is 0.0114. The van der Waals surface area contributed by atoms with Gasteiger partial charge in [-0.1, -0.05) is 24.3 Å². The van der Waals surface area contributed by atoms with Crippen molar-refractivity contribution in [3.63, 3.8) is 0 Å². The van der Waals surface area contributed by atoms with Crippen LogP contribution in [0.1, 0.15) is 22.0 Å². The molecule has 31 heavy (non-hydrogen) atoms. The summed E-state index contributed by atoms with van der Waals surface area (Å²) in [6, 6.07) is 10.5. The maximum Gasteiger partial charge on any atom is 0.337 e. The molecule has 11 nitrogen and oxygen atoms in total. The number of para-hydroxylation sites is 1. The van der Waals surface area contributed by atoms with Crippen LogP contribution in [-0.2, 0) is 4.79 Å². The van der Waals surface area contributed by atoms with Crippen LogP contribution in [0.3, 0.4) is 0 Å². The number of nitro groups is 1. The molecule has 0 saturated carbocycles. The van der Waals surface area contributed by atoms with Crippen molar-refractivity contribution in [3.8, 4) is 0 Å². The van der Waals surface area contributed by atoms with E-state index in [1.54, 1.807) is 18.2 Å². The van der Waals surface area contributed by atoms with Crippen LogP contribution in [0.5, 0.6) is 0 Å². The van der Waals surface area contributed by atoms with Crippen LogP contribution in [0.4, 0.5) is 16.2 Å². The number of hydrogen-bond acceptors (Lipinski definition) is 6. The van der Waals surface area contributed by atoms with Gasteiger partial charge in [0.1, 0.15) is 0 Å². The van der Waals surface area contributed by atoms with Gasteiger partial charge in [-0.3, -0.25) is 25.2 Å². The van der Waals surface area contributed by atoms with E-state index >= 15 is 0 Å². The number of likely N-dealkylation sites (N-methyl/N-ethyl adjacent to an activating group) is 1. The summed E-state index contributed by atoms with van der Waals surface area (Å²) < 4.78 is 0. The van der Waals surface area contributed by atoms with Gasteiger partial charge in [0.2, 0.25) is 0 Å². The van der Waals surface area contributed by atoms with Crippen molar-refractivity contribution in [2.24, 2.45) is 0 Å². The van der Waals surface area contributed by atoms with E-state index in [2.05, 4.69) is 10.7 Å². The highest BCUT2D eigenvalue weighted by Gasteiger charge is 2.43. The number of hydrazine groups is 1. The molecule has 3 N–H and O–H groups in total. The highest BCUT2D eigenvalue weighted by Crippen LogP contribution is 2.36. The summed E-state index contributed by atoms with van der Waals surface area (Å²) in [5.41, 5.74) is 3.93. The second-order valence-electron chi connectivity index (χ2n) is 7.01. The van der Waals surface area contributed by atoms with Gasteiger partial charge in [-0.15, -0.1) is 0 Å². The standard InChI is InChI=1S/C20H17N5O6/c1-23-15-10-24(22-14-8-3-2-7-13(14)19(27)28)18(26)16(15)17(21-20(23)29)11-5-4-6-12(9-11)25(30)31/h2-9,17,22H,10H2,1H3,(H,21,29)(H,27,28). The molecule has 2 heterocycles. The van der Waals surface area contributed by atoms with E-state index in [1.807, 2.05) is 0 Å². The smallest absolute Gasteiger partial charge is 0.337 e. The molecule has 0 radical (unpaired) electrons. The third-order valence-electron chi connectivity index (χ3n) is 5.19. The Morgan fingerprint density at radius 3 is 2.68 bits per heavy atom. The molecule has 2 aromatic rings. The number of amides is 3. The Hall–Kier alpha value is -4.41. The number of hydrogen-bond donors (Lipinski definition) is 3. The van der Waals surface area contributed by atoms with E-state index < -0.39 is 28.9 Å². The molecule has 0 aliphatic carbocycles. The number of nitrogens with zero attached hydrogens (tertiary/aromatic N) is 3. The molecule has 158 valence electrons. The van der Waals surface area contributed by atoms with Crippen molar-refractivity contribution in [2.75, 3.05) is 19.0 Å². The molecule has 0 fully saturated rings. The zero-order valence-electron chi connectivity index (χ0n) is 16.2. The first-order valence-electron chi connectivity index (χ1n) is 9.20. The van der Waals surface area contributed by atoms with Crippen molar-refractivity contribution >= 4 is 29.3 Å². The first-order chi connectivity index (χ1) is 14.8. The van der Waals surface area contributed by atoms with Crippen molar-refractivity contribution in [1.82, 2.24) is 15.2 Å². The van der Waals surface area contributed by atoms with Gasteiger partial charge in [-0.25, -0.2) is 14.6 Å². The van der Waals surface area contributed by atoms with Crippen LogP contribution < -0.4 is 10.7 Å². The van der Waals surface area contributed by atoms with Crippen LogP contribution in [0.2, 0.25) is 0 Å². The number of non-ortho nitro benzene ring substituents is 1. The van der Waals surface area contributed by atoms with Gasteiger partial charge in [0, 0.05) is 19.2 Å². The highest BCUT2D eigenvalue weighted by molar-refractivity contribution is 6.02. The van der Waals surface area contributed by atoms with Gasteiger partial charge in [0.15, 0.2) is 0 Å². The molecule has 4 rings (SSSR count). The molecule has 0 saturated heterocycles. The number of nitrogens with one attached hydrogen (secondary N) is 2. The Balaban J connectivity index is 1.70. The number of carbonyl (C=O) groups excluding carboxylic acids is 2. The lowest BCUT2D eigenvalue weighted by atomic mass is 9.95. The van der Waals surface area contributed by atoms with Crippen molar-refractivity contribution < 1.29 is 24.4 Å². The van der Waals surface area contributed by atoms with E-state index in [1.165, 1.54) is 47.3 Å². The number of urea groups is 1. The van der Waals surface area contributed by atoms with Crippen molar-refractivity contribution in [3.05, 3.63) is 81.0 Å². The lowest BCUT2D eigenvalue weighted by Crippen LogP contribution is -2.45. The van der Waals surface area contributed by atoms with Crippen LogP contribution in [0, 0.1) is 10.1 Å². The quantitative estimate of drug-likeness (QED) is 0.493. The summed E-state index contributed by atoms with van der Waals surface area (Å²) in [5, 5.41) is 24.4. The first kappa shape index (κ1) is 19.9. The van der Waals surface area contributed by atoms with E-state index in [0.29, 0.717) is 11.3 Å². The van der Waals surface area contributed by atoms with Crippen LogP contribution >= 0.6 is 0 Å². The molecule has 2 aromatic carbocycles. The predicted molar refractivity (Wildman–Crippen MR) is 108 cm³/mol. The zero-order valence-corrected chi connectivity index (χ0v) is 16.2. The summed E-state index contributed by atoms with van der Waals surface area (Å²) in [4.78, 5) is 49.1. The zero-order chi connectivity index (χ0) is 22.3. The third kappa shape index (κ3) is 3.41. The molecular formula is C20H17N5O6. The van der Waals surface area contributed by atoms with Gasteiger partial charge in [-0.2, -0.15) is 0 Å². The van der Waals surface area contributed by atoms with E-state index in [0.717, 1.165) is 0 Å². The Morgan fingerprint density at radius 1 is 1.23 bits per heavy atom. The molecular weight excluding hydrogens is 406 g/mol. The fraction of sp³-hybridized carbons (Fsp3) is 0.150. The molecule has 2 aliphatic rings. The fourth-order valence-electron chi connectivity index (χ4n) is 3.64. The predicted octanol–water partition coefficient (Wildman–Crippen LogP) is 2.11. The number of nitro benzene ring substituents is 1. The minimum Gasteiger partial charge on any atom is -0.478 e. The van der Waals surface area contributed by atoms with Crippen LogP contribution in [0.25, 0.3) is 0 Å². The average Bonchev–Trinajstić information content (AvgIpc) is 3.07. The molecule has 1 unspecified atom stereocenters. The number of carbonyl (C=O) groups is 3. The molecule has 11 heteroatoms. The maximum absolute atomic E-state index is 13.2. The van der Waals surface area contributed by atoms with Crippen LogP contribution in [-0.4, -0.2) is 51.4 Å². The second kappa shape index (κ2) is 7.44. The number of carboxylic acid groups (broad SMARTS) is 1. The summed E-state index contributed by atoms with van der Waals surface area (Å²) in [5.74, 6) is -1.63. The highest BCUT2D eigenvalue weighted by atomic mass is 16.6. The Morgan fingerprint density at radius 2 is 1.97 bits per heavy atom. The number of anilines is 1. The second-order valence-corrected chi connectivity index (χ2v) is 7.01. The summed E-state index contributed by atoms with van der Waals surface area (Å²) >= 11 is 0. The Bertz CT molecular complexity index is 1160. The normalized spacial score (nSPS) is 18.0. The van der Waals surface area contributed by atoms with E-state index in [4.69, 9.17) is 0 Å². The largest absolute Gasteiger partial charge is 0.478 e. The SMILES string of the molecule is CN1C(=O)NC(c2cccc([N+](=O)[O-])c2)C2=C1CN(Nc1ccccc1C(=O)O)C2=O. The minimum atomic E-state index is -1.16. The first-order valence-corrected chi connectivity index (χ1v) is 9.20. The lowest BCUT2D eigenvalue weighted by molar-refractivity contribution is -0.384. The summed E-state index contributed by atoms with van der Waals surface area (Å²) in [6.07, 6.45) is 0. The van der Waals surface area contributed by atoms with Gasteiger partial charge < -0.3 is 10.4 Å². The minimum absolute atomic E-state index is 0.0114. The number of aromatic carboxylic acids is 1. The molecule has 0 bridgehead atoms. The number of carboxylic acids is 1. The molecule has 2 aliphatic heterocycles. The lowest BCUT2D eigenvalue weighted by Gasteiger charge is -2.30. The molecule has 1 atom stereocenters. The Labute approximate surface area is 175 Å². The summed E-state index contributed by atoms with van der Waals surface area (Å²) in [7, 11) is 1.51. The maximum atomic E-state index is 13.2. The fourth-order valence-corrected chi connectivity index (χ4v) is 3.64. The van der Waals surface area contributed by atoms with Crippen molar-refractivity contribution in [1.29, 1.82) is 0 Å². The van der Waals surface area contributed by atoms with Gasteiger partial charge in [0.05, 0.1) is 40.0 Å². The number of rotatable bonds is 5. The van der Waals surface area contributed by atoms with Gasteiger partial charge in [-0.05, 0) is 17.7 Å². The van der Waals surface area contributed by atoms with Crippen LogP contribution in [0.15, 0.2) is 59.8 Å². The third-order valence-corrected chi connectivity index (χ3v) is 5.19. The molecule has 0 spiro atoms.